The number of hydrogen-bond acceptors (Lipinski definition) is 2. The summed E-state index contributed by atoms with van der Waals surface area (Å²) in [6.45, 7) is 7.79. The van der Waals surface area contributed by atoms with Crippen LogP contribution in [0.2, 0.25) is 0 Å². The fourth-order valence-corrected chi connectivity index (χ4v) is 1.66. The summed E-state index contributed by atoms with van der Waals surface area (Å²) in [5, 5.41) is 9.98. The van der Waals surface area contributed by atoms with E-state index in [1.807, 2.05) is 32.0 Å². The molecule has 0 aromatic heterocycles. The summed E-state index contributed by atoms with van der Waals surface area (Å²) in [4.78, 5) is 0. The van der Waals surface area contributed by atoms with Gasteiger partial charge in [-0.1, -0.05) is 11.6 Å². The van der Waals surface area contributed by atoms with E-state index in [4.69, 9.17) is 4.74 Å². The molecular formula is C14H20O2. The molecule has 0 heterocycles. The SMILES string of the molecule is C=C(C)CCC(O)c1ccc(OC)c(C)c1. The van der Waals surface area contributed by atoms with Gasteiger partial charge < -0.3 is 9.84 Å². The Morgan fingerprint density at radius 3 is 2.69 bits per heavy atom. The Morgan fingerprint density at radius 2 is 2.19 bits per heavy atom. The Kier molecular flexibility index (Phi) is 4.56. The molecule has 1 N–H and O–H groups in total. The molecule has 0 saturated heterocycles. The van der Waals surface area contributed by atoms with Gasteiger partial charge in [-0.25, -0.2) is 0 Å². The summed E-state index contributed by atoms with van der Waals surface area (Å²) in [5.74, 6) is 0.857. The second-order valence-electron chi connectivity index (χ2n) is 4.24. The quantitative estimate of drug-likeness (QED) is 0.771. The lowest BCUT2D eigenvalue weighted by molar-refractivity contribution is 0.167. The first-order valence-electron chi connectivity index (χ1n) is 5.51. The van der Waals surface area contributed by atoms with Crippen molar-refractivity contribution in [2.45, 2.75) is 32.8 Å². The van der Waals surface area contributed by atoms with Gasteiger partial charge in [0.05, 0.1) is 13.2 Å². The highest BCUT2D eigenvalue weighted by Crippen LogP contribution is 2.25. The Hall–Kier alpha value is -1.28. The van der Waals surface area contributed by atoms with E-state index in [1.54, 1.807) is 7.11 Å². The van der Waals surface area contributed by atoms with Crippen molar-refractivity contribution in [3.05, 3.63) is 41.5 Å². The number of aliphatic hydroxyl groups is 1. The van der Waals surface area contributed by atoms with E-state index in [0.29, 0.717) is 0 Å². The van der Waals surface area contributed by atoms with Gasteiger partial charge in [-0.05, 0) is 49.9 Å². The van der Waals surface area contributed by atoms with Gasteiger partial charge in [0.2, 0.25) is 0 Å². The largest absolute Gasteiger partial charge is 0.496 e. The van der Waals surface area contributed by atoms with Crippen molar-refractivity contribution in [1.82, 2.24) is 0 Å². The van der Waals surface area contributed by atoms with Crippen molar-refractivity contribution >= 4 is 0 Å². The Balaban J connectivity index is 2.72. The molecule has 0 fully saturated rings. The molecule has 16 heavy (non-hydrogen) atoms. The van der Waals surface area contributed by atoms with Crippen LogP contribution in [0.4, 0.5) is 0 Å². The van der Waals surface area contributed by atoms with E-state index >= 15 is 0 Å². The van der Waals surface area contributed by atoms with E-state index in [-0.39, 0.29) is 0 Å². The lowest BCUT2D eigenvalue weighted by Crippen LogP contribution is -1.99. The molecular weight excluding hydrogens is 200 g/mol. The predicted octanol–water partition coefficient (Wildman–Crippen LogP) is 3.39. The summed E-state index contributed by atoms with van der Waals surface area (Å²) < 4.78 is 5.18. The second kappa shape index (κ2) is 5.71. The van der Waals surface area contributed by atoms with E-state index in [2.05, 4.69) is 6.58 Å². The average molecular weight is 220 g/mol. The standard InChI is InChI=1S/C14H20O2/c1-10(2)5-7-13(15)12-6-8-14(16-4)11(3)9-12/h6,8-9,13,15H,1,5,7H2,2-4H3. The number of aliphatic hydroxyl groups excluding tert-OH is 1. The van der Waals surface area contributed by atoms with Gasteiger partial charge >= 0.3 is 0 Å². The molecule has 0 aliphatic rings. The van der Waals surface area contributed by atoms with Crippen molar-refractivity contribution in [1.29, 1.82) is 0 Å². The van der Waals surface area contributed by atoms with E-state index in [0.717, 1.165) is 35.3 Å². The Morgan fingerprint density at radius 1 is 1.50 bits per heavy atom. The second-order valence-corrected chi connectivity index (χ2v) is 4.24. The molecule has 0 saturated carbocycles. The van der Waals surface area contributed by atoms with Crippen LogP contribution in [0.3, 0.4) is 0 Å². The number of ether oxygens (including phenoxy) is 1. The third-order valence-corrected chi connectivity index (χ3v) is 2.65. The normalized spacial score (nSPS) is 12.2. The van der Waals surface area contributed by atoms with Gasteiger partial charge in [-0.15, -0.1) is 6.58 Å². The molecule has 0 amide bonds. The first-order valence-corrected chi connectivity index (χ1v) is 5.51. The van der Waals surface area contributed by atoms with Crippen LogP contribution < -0.4 is 4.74 Å². The van der Waals surface area contributed by atoms with Crippen molar-refractivity contribution < 1.29 is 9.84 Å². The molecule has 88 valence electrons. The predicted molar refractivity (Wildman–Crippen MR) is 66.7 cm³/mol. The smallest absolute Gasteiger partial charge is 0.121 e. The molecule has 1 rings (SSSR count). The minimum atomic E-state index is -0.415. The van der Waals surface area contributed by atoms with Crippen LogP contribution in [0, 0.1) is 6.92 Å². The van der Waals surface area contributed by atoms with Crippen molar-refractivity contribution in [2.75, 3.05) is 7.11 Å². The van der Waals surface area contributed by atoms with E-state index in [1.165, 1.54) is 0 Å². The number of benzene rings is 1. The average Bonchev–Trinajstić information content (AvgIpc) is 2.25. The maximum atomic E-state index is 9.98. The van der Waals surface area contributed by atoms with Crippen molar-refractivity contribution in [3.63, 3.8) is 0 Å². The lowest BCUT2D eigenvalue weighted by Gasteiger charge is -2.13. The number of methoxy groups -OCH3 is 1. The maximum absolute atomic E-state index is 9.98. The van der Waals surface area contributed by atoms with Crippen molar-refractivity contribution in [2.24, 2.45) is 0 Å². The molecule has 1 atom stereocenters. The first kappa shape index (κ1) is 12.8. The van der Waals surface area contributed by atoms with Crippen molar-refractivity contribution in [3.8, 4) is 5.75 Å². The minimum absolute atomic E-state index is 0.415. The maximum Gasteiger partial charge on any atom is 0.121 e. The van der Waals surface area contributed by atoms with Gasteiger partial charge in [0.1, 0.15) is 5.75 Å². The number of rotatable bonds is 5. The molecule has 0 aliphatic heterocycles. The molecule has 2 nitrogen and oxygen atoms in total. The highest BCUT2D eigenvalue weighted by molar-refractivity contribution is 5.36. The molecule has 2 heteroatoms. The van der Waals surface area contributed by atoms with Crippen LogP contribution in [0.25, 0.3) is 0 Å². The van der Waals surface area contributed by atoms with Crippen LogP contribution in [-0.2, 0) is 0 Å². The molecule has 0 aliphatic carbocycles. The minimum Gasteiger partial charge on any atom is -0.496 e. The molecule has 0 spiro atoms. The van der Waals surface area contributed by atoms with E-state index in [9.17, 15) is 5.11 Å². The topological polar surface area (TPSA) is 29.5 Å². The van der Waals surface area contributed by atoms with Gasteiger partial charge in [0.15, 0.2) is 0 Å². The molecule has 0 radical (unpaired) electrons. The third kappa shape index (κ3) is 3.38. The molecule has 0 bridgehead atoms. The van der Waals surface area contributed by atoms with Crippen LogP contribution in [0.5, 0.6) is 5.75 Å². The Labute approximate surface area is 97.6 Å². The summed E-state index contributed by atoms with van der Waals surface area (Å²) >= 11 is 0. The van der Waals surface area contributed by atoms with Crippen LogP contribution in [-0.4, -0.2) is 12.2 Å². The Bertz CT molecular complexity index is 369. The molecule has 1 aromatic rings. The van der Waals surface area contributed by atoms with E-state index < -0.39 is 6.10 Å². The summed E-state index contributed by atoms with van der Waals surface area (Å²) in [6, 6.07) is 5.78. The van der Waals surface area contributed by atoms with Crippen LogP contribution in [0.15, 0.2) is 30.4 Å². The van der Waals surface area contributed by atoms with Crippen LogP contribution in [0.1, 0.15) is 37.0 Å². The summed E-state index contributed by atoms with van der Waals surface area (Å²) in [7, 11) is 1.65. The number of allylic oxidation sites excluding steroid dienone is 1. The fraction of sp³-hybridized carbons (Fsp3) is 0.429. The van der Waals surface area contributed by atoms with Gasteiger partial charge in [0, 0.05) is 0 Å². The summed E-state index contributed by atoms with van der Waals surface area (Å²) in [6.07, 6.45) is 1.16. The fourth-order valence-electron chi connectivity index (χ4n) is 1.66. The highest BCUT2D eigenvalue weighted by Gasteiger charge is 2.09. The lowest BCUT2D eigenvalue weighted by atomic mass is 10.0. The number of hydrogen-bond donors (Lipinski definition) is 1. The summed E-state index contributed by atoms with van der Waals surface area (Å²) in [5.41, 5.74) is 3.10. The van der Waals surface area contributed by atoms with Crippen LogP contribution >= 0.6 is 0 Å². The van der Waals surface area contributed by atoms with Gasteiger partial charge in [-0.3, -0.25) is 0 Å². The third-order valence-electron chi connectivity index (χ3n) is 2.65. The number of aryl methyl sites for hydroxylation is 1. The highest BCUT2D eigenvalue weighted by atomic mass is 16.5. The monoisotopic (exact) mass is 220 g/mol. The zero-order valence-corrected chi connectivity index (χ0v) is 10.3. The van der Waals surface area contributed by atoms with Gasteiger partial charge in [0.25, 0.3) is 0 Å². The zero-order valence-electron chi connectivity index (χ0n) is 10.3. The van der Waals surface area contributed by atoms with Gasteiger partial charge in [-0.2, -0.15) is 0 Å². The first-order chi connectivity index (χ1) is 7.54. The molecule has 1 aromatic carbocycles. The molecule has 1 unspecified atom stereocenters. The zero-order chi connectivity index (χ0) is 12.1.